The first-order chi connectivity index (χ1) is 6.99. The molecule has 0 radical (unpaired) electrons. The predicted octanol–water partition coefficient (Wildman–Crippen LogP) is 2.45. The Morgan fingerprint density at radius 3 is 2.47 bits per heavy atom. The molecule has 0 saturated heterocycles. The molecule has 1 aromatic rings. The minimum atomic E-state index is -1.62. The SMILES string of the molecule is O=C(CBr)c1ccc([N+](=O)[O-])c(F)c1F. The Bertz CT molecular complexity index is 436. The van der Waals surface area contributed by atoms with Crippen LogP contribution in [0.1, 0.15) is 10.4 Å². The van der Waals surface area contributed by atoms with Gasteiger partial charge < -0.3 is 0 Å². The Labute approximate surface area is 91.2 Å². The van der Waals surface area contributed by atoms with Crippen molar-refractivity contribution in [3.63, 3.8) is 0 Å². The van der Waals surface area contributed by atoms with E-state index in [9.17, 15) is 23.7 Å². The summed E-state index contributed by atoms with van der Waals surface area (Å²) < 4.78 is 26.2. The third kappa shape index (κ3) is 2.17. The molecule has 0 N–H and O–H groups in total. The van der Waals surface area contributed by atoms with Gasteiger partial charge in [0, 0.05) is 6.07 Å². The number of alkyl halides is 1. The first-order valence-electron chi connectivity index (χ1n) is 3.70. The van der Waals surface area contributed by atoms with E-state index in [4.69, 9.17) is 0 Å². The predicted molar refractivity (Wildman–Crippen MR) is 51.1 cm³/mol. The lowest BCUT2D eigenvalue weighted by Gasteiger charge is -2.01. The first kappa shape index (κ1) is 11.7. The lowest BCUT2D eigenvalue weighted by molar-refractivity contribution is -0.387. The first-order valence-corrected chi connectivity index (χ1v) is 4.82. The highest BCUT2D eigenvalue weighted by molar-refractivity contribution is 9.09. The van der Waals surface area contributed by atoms with Crippen molar-refractivity contribution in [3.8, 4) is 0 Å². The maximum Gasteiger partial charge on any atom is 0.307 e. The third-order valence-electron chi connectivity index (χ3n) is 1.68. The van der Waals surface area contributed by atoms with Crippen molar-refractivity contribution in [2.24, 2.45) is 0 Å². The van der Waals surface area contributed by atoms with E-state index >= 15 is 0 Å². The number of hydrogen-bond acceptors (Lipinski definition) is 3. The molecule has 0 amide bonds. The number of nitro benzene ring substituents is 1. The summed E-state index contributed by atoms with van der Waals surface area (Å²) in [5, 5.41) is 10.0. The van der Waals surface area contributed by atoms with E-state index in [1.807, 2.05) is 0 Å². The third-order valence-corrected chi connectivity index (χ3v) is 2.19. The summed E-state index contributed by atoms with van der Waals surface area (Å²) in [6.07, 6.45) is 0. The topological polar surface area (TPSA) is 60.2 Å². The van der Waals surface area contributed by atoms with Gasteiger partial charge in [-0.15, -0.1) is 0 Å². The summed E-state index contributed by atoms with van der Waals surface area (Å²) in [5.74, 6) is -3.79. The number of nitro groups is 1. The second-order valence-electron chi connectivity index (χ2n) is 2.57. The summed E-state index contributed by atoms with van der Waals surface area (Å²) in [4.78, 5) is 20.2. The zero-order valence-corrected chi connectivity index (χ0v) is 8.75. The van der Waals surface area contributed by atoms with Crippen LogP contribution in [0.3, 0.4) is 0 Å². The van der Waals surface area contributed by atoms with Crippen LogP contribution in [0.4, 0.5) is 14.5 Å². The summed E-state index contributed by atoms with van der Waals surface area (Å²) in [6.45, 7) is 0. The average molecular weight is 280 g/mol. The molecule has 0 spiro atoms. The zero-order valence-electron chi connectivity index (χ0n) is 7.17. The molecular weight excluding hydrogens is 276 g/mol. The largest absolute Gasteiger partial charge is 0.307 e. The Balaban J connectivity index is 3.33. The minimum absolute atomic E-state index is 0.179. The van der Waals surface area contributed by atoms with Crippen molar-refractivity contribution in [2.75, 3.05) is 5.33 Å². The summed E-state index contributed by atoms with van der Waals surface area (Å²) in [5.41, 5.74) is -1.49. The highest BCUT2D eigenvalue weighted by Crippen LogP contribution is 2.22. The molecule has 0 atom stereocenters. The van der Waals surface area contributed by atoms with Crippen LogP contribution in [-0.4, -0.2) is 16.0 Å². The van der Waals surface area contributed by atoms with Crippen LogP contribution in [0.2, 0.25) is 0 Å². The van der Waals surface area contributed by atoms with Crippen LogP contribution < -0.4 is 0 Å². The van der Waals surface area contributed by atoms with Crippen LogP contribution in [0.15, 0.2) is 12.1 Å². The van der Waals surface area contributed by atoms with Gasteiger partial charge in [-0.1, -0.05) is 15.9 Å². The standard InChI is InChI=1S/C8H4BrF2NO3/c9-3-6(13)4-1-2-5(12(14)15)8(11)7(4)10/h1-2H,3H2. The molecular formula is C8H4BrF2NO3. The zero-order chi connectivity index (χ0) is 11.6. The van der Waals surface area contributed by atoms with Gasteiger partial charge in [0.2, 0.25) is 5.82 Å². The van der Waals surface area contributed by atoms with E-state index in [0.29, 0.717) is 0 Å². The molecule has 15 heavy (non-hydrogen) atoms. The second kappa shape index (κ2) is 4.43. The highest BCUT2D eigenvalue weighted by Gasteiger charge is 2.23. The molecule has 0 saturated carbocycles. The molecule has 0 aliphatic heterocycles. The molecule has 4 nitrogen and oxygen atoms in total. The van der Waals surface area contributed by atoms with Gasteiger partial charge in [-0.05, 0) is 6.07 Å². The molecule has 0 heterocycles. The monoisotopic (exact) mass is 279 g/mol. The van der Waals surface area contributed by atoms with Gasteiger partial charge >= 0.3 is 5.69 Å². The second-order valence-corrected chi connectivity index (χ2v) is 3.13. The number of ketones is 1. The normalized spacial score (nSPS) is 10.1. The lowest BCUT2D eigenvalue weighted by Crippen LogP contribution is -2.07. The van der Waals surface area contributed by atoms with Crippen molar-refractivity contribution in [1.29, 1.82) is 0 Å². The van der Waals surface area contributed by atoms with Gasteiger partial charge in [0.15, 0.2) is 11.6 Å². The van der Waals surface area contributed by atoms with Gasteiger partial charge in [-0.3, -0.25) is 14.9 Å². The van der Waals surface area contributed by atoms with E-state index in [-0.39, 0.29) is 5.33 Å². The van der Waals surface area contributed by atoms with Crippen LogP contribution >= 0.6 is 15.9 Å². The average Bonchev–Trinajstić information content (AvgIpc) is 2.20. The quantitative estimate of drug-likeness (QED) is 0.370. The van der Waals surface area contributed by atoms with Crippen LogP contribution in [0, 0.1) is 21.7 Å². The van der Waals surface area contributed by atoms with Gasteiger partial charge in [0.05, 0.1) is 15.8 Å². The van der Waals surface area contributed by atoms with E-state index < -0.39 is 33.6 Å². The fourth-order valence-electron chi connectivity index (χ4n) is 0.968. The van der Waals surface area contributed by atoms with Crippen molar-refractivity contribution in [2.45, 2.75) is 0 Å². The number of Topliss-reactive ketones (excluding diaryl/α,β-unsaturated/α-hetero) is 1. The Morgan fingerprint density at radius 2 is 2.00 bits per heavy atom. The number of carbonyl (C=O) groups excluding carboxylic acids is 1. The minimum Gasteiger partial charge on any atom is -0.293 e. The summed E-state index contributed by atoms with van der Waals surface area (Å²) >= 11 is 2.79. The molecule has 0 aliphatic carbocycles. The number of benzene rings is 1. The number of hydrogen-bond donors (Lipinski definition) is 0. The van der Waals surface area contributed by atoms with E-state index in [2.05, 4.69) is 15.9 Å². The van der Waals surface area contributed by atoms with Gasteiger partial charge in [0.25, 0.3) is 0 Å². The molecule has 7 heteroatoms. The van der Waals surface area contributed by atoms with Gasteiger partial charge in [-0.25, -0.2) is 4.39 Å². The fraction of sp³-hybridized carbons (Fsp3) is 0.125. The molecule has 0 aromatic heterocycles. The van der Waals surface area contributed by atoms with Crippen LogP contribution in [-0.2, 0) is 0 Å². The Morgan fingerprint density at radius 1 is 1.40 bits per heavy atom. The summed E-state index contributed by atoms with van der Waals surface area (Å²) in [6, 6.07) is 1.65. The van der Waals surface area contributed by atoms with E-state index in [1.54, 1.807) is 0 Å². The maximum absolute atomic E-state index is 13.1. The molecule has 0 aliphatic rings. The molecule has 0 unspecified atom stereocenters. The van der Waals surface area contributed by atoms with Crippen LogP contribution in [0.5, 0.6) is 0 Å². The van der Waals surface area contributed by atoms with Crippen molar-refractivity contribution in [1.82, 2.24) is 0 Å². The molecule has 0 bridgehead atoms. The van der Waals surface area contributed by atoms with Gasteiger partial charge in [0.1, 0.15) is 0 Å². The molecule has 1 aromatic carbocycles. The molecule has 1 rings (SSSR count). The fourth-order valence-corrected chi connectivity index (χ4v) is 1.27. The van der Waals surface area contributed by atoms with Crippen molar-refractivity contribution < 1.29 is 18.5 Å². The number of nitrogens with zero attached hydrogens (tertiary/aromatic N) is 1. The van der Waals surface area contributed by atoms with E-state index in [1.165, 1.54) is 0 Å². The smallest absolute Gasteiger partial charge is 0.293 e. The van der Waals surface area contributed by atoms with E-state index in [0.717, 1.165) is 12.1 Å². The maximum atomic E-state index is 13.1. The Hall–Kier alpha value is -1.37. The number of carbonyl (C=O) groups is 1. The molecule has 80 valence electrons. The number of rotatable bonds is 3. The highest BCUT2D eigenvalue weighted by atomic mass is 79.9. The lowest BCUT2D eigenvalue weighted by atomic mass is 10.1. The Kier molecular flexibility index (Phi) is 3.46. The summed E-state index contributed by atoms with van der Waals surface area (Å²) in [7, 11) is 0. The van der Waals surface area contributed by atoms with Gasteiger partial charge in [-0.2, -0.15) is 4.39 Å². The number of halogens is 3. The molecule has 0 fully saturated rings. The van der Waals surface area contributed by atoms with Crippen molar-refractivity contribution in [3.05, 3.63) is 39.4 Å². The van der Waals surface area contributed by atoms with Crippen LogP contribution in [0.25, 0.3) is 0 Å². The van der Waals surface area contributed by atoms with Crippen molar-refractivity contribution >= 4 is 27.4 Å².